The molecule has 1 aliphatic rings. The van der Waals surface area contributed by atoms with Gasteiger partial charge in [0.05, 0.1) is 11.4 Å². The van der Waals surface area contributed by atoms with Gasteiger partial charge < -0.3 is 20.3 Å². The number of phenols is 2. The van der Waals surface area contributed by atoms with Crippen molar-refractivity contribution in [3.8, 4) is 11.5 Å². The lowest BCUT2D eigenvalue weighted by Gasteiger charge is -2.32. The van der Waals surface area contributed by atoms with Crippen LogP contribution >= 0.6 is 11.6 Å². The van der Waals surface area contributed by atoms with Gasteiger partial charge in [0.1, 0.15) is 0 Å². The summed E-state index contributed by atoms with van der Waals surface area (Å²) in [6.45, 7) is 0.595. The number of anilines is 2. The lowest BCUT2D eigenvalue weighted by Crippen LogP contribution is -2.28. The molecule has 0 fully saturated rings. The molecule has 108 valence electrons. The van der Waals surface area contributed by atoms with Gasteiger partial charge in [-0.1, -0.05) is 16.8 Å². The van der Waals surface area contributed by atoms with Gasteiger partial charge in [0.15, 0.2) is 11.5 Å². The number of hydrogen-bond acceptors (Lipinski definition) is 5. The van der Waals surface area contributed by atoms with Crippen LogP contribution in [-0.2, 0) is 0 Å². The minimum absolute atomic E-state index is 0.216. The number of halogens is 1. The summed E-state index contributed by atoms with van der Waals surface area (Å²) >= 11 is 5.90. The Kier molecular flexibility index (Phi) is 3.35. The smallest absolute Gasteiger partial charge is 0.159 e. The Labute approximate surface area is 126 Å². The average Bonchev–Trinajstić information content (AvgIpc) is 2.48. The summed E-state index contributed by atoms with van der Waals surface area (Å²) in [4.78, 5) is 1.97. The number of rotatable bonds is 1. The number of hydrogen-bond donors (Lipinski definition) is 3. The Hall–Kier alpha value is -2.40. The van der Waals surface area contributed by atoms with Crippen molar-refractivity contribution in [3.05, 3.63) is 47.0 Å². The quantitative estimate of drug-likeness (QED) is 0.428. The highest BCUT2D eigenvalue weighted by atomic mass is 35.5. The van der Waals surface area contributed by atoms with Crippen LogP contribution in [0.1, 0.15) is 12.0 Å². The summed E-state index contributed by atoms with van der Waals surface area (Å²) in [6, 6.07) is 10.2. The first kappa shape index (κ1) is 13.6. The summed E-state index contributed by atoms with van der Waals surface area (Å²) in [6.07, 6.45) is 0.524. The van der Waals surface area contributed by atoms with Crippen LogP contribution in [0.4, 0.5) is 11.4 Å². The molecule has 0 radical (unpaired) electrons. The zero-order chi connectivity index (χ0) is 15.0. The molecular formula is C15H13ClN2O3. The number of oxime groups is 1. The number of fused-ring (bicyclic) bond motifs is 1. The van der Waals surface area contributed by atoms with Gasteiger partial charge in [0, 0.05) is 35.3 Å². The average molecular weight is 305 g/mol. The van der Waals surface area contributed by atoms with Gasteiger partial charge in [-0.2, -0.15) is 0 Å². The highest BCUT2D eigenvalue weighted by Crippen LogP contribution is 2.40. The van der Waals surface area contributed by atoms with E-state index in [0.29, 0.717) is 35.0 Å². The summed E-state index contributed by atoms with van der Waals surface area (Å²) in [5.74, 6) is -0.459. The SMILES string of the molecule is O/N=C1\CCN(c2ccc(Cl)cc2)c2cc(O)c(O)cc21. The highest BCUT2D eigenvalue weighted by molar-refractivity contribution is 6.30. The molecule has 6 heteroatoms. The molecule has 2 aromatic rings. The third-order valence-electron chi connectivity index (χ3n) is 3.53. The predicted molar refractivity (Wildman–Crippen MR) is 81.2 cm³/mol. The first-order chi connectivity index (χ1) is 10.1. The largest absolute Gasteiger partial charge is 0.504 e. The van der Waals surface area contributed by atoms with Crippen LogP contribution in [0, 0.1) is 0 Å². The van der Waals surface area contributed by atoms with Gasteiger partial charge in [-0.3, -0.25) is 0 Å². The second kappa shape index (κ2) is 5.18. The Balaban J connectivity index is 2.14. The number of benzene rings is 2. The number of aromatic hydroxyl groups is 2. The van der Waals surface area contributed by atoms with E-state index in [4.69, 9.17) is 16.8 Å². The molecule has 0 amide bonds. The third-order valence-corrected chi connectivity index (χ3v) is 3.78. The molecule has 0 saturated carbocycles. The van der Waals surface area contributed by atoms with E-state index in [-0.39, 0.29) is 11.5 Å². The van der Waals surface area contributed by atoms with E-state index in [0.717, 1.165) is 5.69 Å². The fourth-order valence-corrected chi connectivity index (χ4v) is 2.61. The van der Waals surface area contributed by atoms with Crippen LogP contribution in [0.5, 0.6) is 11.5 Å². The van der Waals surface area contributed by atoms with Crippen LogP contribution < -0.4 is 4.90 Å². The molecule has 0 aromatic heterocycles. The Morgan fingerprint density at radius 2 is 1.71 bits per heavy atom. The van der Waals surface area contributed by atoms with Gasteiger partial charge in [0.25, 0.3) is 0 Å². The Morgan fingerprint density at radius 3 is 2.38 bits per heavy atom. The normalized spacial score (nSPS) is 16.0. The van der Waals surface area contributed by atoms with Crippen molar-refractivity contribution in [2.24, 2.45) is 5.16 Å². The molecule has 0 spiro atoms. The van der Waals surface area contributed by atoms with E-state index < -0.39 is 0 Å². The fourth-order valence-electron chi connectivity index (χ4n) is 2.49. The van der Waals surface area contributed by atoms with E-state index in [1.54, 1.807) is 12.1 Å². The minimum Gasteiger partial charge on any atom is -0.504 e. The maximum absolute atomic E-state index is 9.74. The van der Waals surface area contributed by atoms with Crippen LogP contribution in [0.25, 0.3) is 0 Å². The highest BCUT2D eigenvalue weighted by Gasteiger charge is 2.25. The van der Waals surface area contributed by atoms with Crippen LogP contribution in [0.15, 0.2) is 41.6 Å². The van der Waals surface area contributed by atoms with E-state index >= 15 is 0 Å². The van der Waals surface area contributed by atoms with E-state index in [9.17, 15) is 10.2 Å². The van der Waals surface area contributed by atoms with Crippen molar-refractivity contribution >= 4 is 28.7 Å². The molecule has 2 aromatic carbocycles. The minimum atomic E-state index is -0.243. The van der Waals surface area contributed by atoms with Gasteiger partial charge in [-0.15, -0.1) is 0 Å². The van der Waals surface area contributed by atoms with Crippen molar-refractivity contribution in [2.45, 2.75) is 6.42 Å². The molecule has 0 atom stereocenters. The van der Waals surface area contributed by atoms with E-state index in [1.165, 1.54) is 12.1 Å². The first-order valence-electron chi connectivity index (χ1n) is 6.40. The molecular weight excluding hydrogens is 292 g/mol. The maximum Gasteiger partial charge on any atom is 0.159 e. The molecule has 3 rings (SSSR count). The molecule has 21 heavy (non-hydrogen) atoms. The second-order valence-corrected chi connectivity index (χ2v) is 5.22. The Morgan fingerprint density at radius 1 is 1.05 bits per heavy atom. The summed E-state index contributed by atoms with van der Waals surface area (Å²) in [5.41, 5.74) is 2.65. The monoisotopic (exact) mass is 304 g/mol. The maximum atomic E-state index is 9.74. The lowest BCUT2D eigenvalue weighted by molar-refractivity contribution is 0.318. The molecule has 3 N–H and O–H groups in total. The van der Waals surface area contributed by atoms with Crippen LogP contribution in [0.2, 0.25) is 5.02 Å². The molecule has 5 nitrogen and oxygen atoms in total. The van der Waals surface area contributed by atoms with Gasteiger partial charge >= 0.3 is 0 Å². The van der Waals surface area contributed by atoms with E-state index in [1.807, 2.05) is 17.0 Å². The molecule has 1 aliphatic heterocycles. The van der Waals surface area contributed by atoms with Crippen molar-refractivity contribution in [2.75, 3.05) is 11.4 Å². The van der Waals surface area contributed by atoms with E-state index in [2.05, 4.69) is 5.16 Å². The number of nitrogens with zero attached hydrogens (tertiary/aromatic N) is 2. The number of phenolic OH excluding ortho intramolecular Hbond substituents is 2. The molecule has 0 unspecified atom stereocenters. The lowest BCUT2D eigenvalue weighted by atomic mass is 9.98. The third kappa shape index (κ3) is 2.36. The second-order valence-electron chi connectivity index (χ2n) is 4.78. The molecule has 0 aliphatic carbocycles. The molecule has 0 saturated heterocycles. The van der Waals surface area contributed by atoms with Crippen LogP contribution in [0.3, 0.4) is 0 Å². The molecule has 1 heterocycles. The van der Waals surface area contributed by atoms with Gasteiger partial charge in [0.2, 0.25) is 0 Å². The van der Waals surface area contributed by atoms with Crippen molar-refractivity contribution in [3.63, 3.8) is 0 Å². The summed E-state index contributed by atoms with van der Waals surface area (Å²) < 4.78 is 0. The van der Waals surface area contributed by atoms with Crippen molar-refractivity contribution < 1.29 is 15.4 Å². The first-order valence-corrected chi connectivity index (χ1v) is 6.78. The zero-order valence-electron chi connectivity index (χ0n) is 11.0. The Bertz CT molecular complexity index is 714. The van der Waals surface area contributed by atoms with Gasteiger partial charge in [-0.05, 0) is 30.3 Å². The van der Waals surface area contributed by atoms with Gasteiger partial charge in [-0.25, -0.2) is 0 Å². The summed E-state index contributed by atoms with van der Waals surface area (Å²) in [7, 11) is 0. The summed E-state index contributed by atoms with van der Waals surface area (Å²) in [5, 5.41) is 32.4. The predicted octanol–water partition coefficient (Wildman–Crippen LogP) is 3.47. The fraction of sp³-hybridized carbons (Fsp3) is 0.133. The topological polar surface area (TPSA) is 76.3 Å². The molecule has 0 bridgehead atoms. The van der Waals surface area contributed by atoms with Crippen LogP contribution in [-0.4, -0.2) is 27.7 Å². The van der Waals surface area contributed by atoms with Crippen molar-refractivity contribution in [1.29, 1.82) is 0 Å². The van der Waals surface area contributed by atoms with Crippen molar-refractivity contribution in [1.82, 2.24) is 0 Å². The zero-order valence-corrected chi connectivity index (χ0v) is 11.7. The standard InChI is InChI=1S/C15H13ClN2O3/c16-9-1-3-10(4-2-9)18-6-5-12(17-21)11-7-14(19)15(20)8-13(11)18/h1-4,7-8,19-21H,5-6H2/b17-12+.